The molecule has 1 aliphatic carbocycles. The van der Waals surface area contributed by atoms with Gasteiger partial charge in [-0.2, -0.15) is 0 Å². The summed E-state index contributed by atoms with van der Waals surface area (Å²) >= 11 is 0. The molecule has 1 saturated heterocycles. The van der Waals surface area contributed by atoms with Crippen LogP contribution in [0.1, 0.15) is 46.0 Å². The molecule has 1 aliphatic heterocycles. The fraction of sp³-hybridized carbons (Fsp3) is 0.846. The quantitative estimate of drug-likeness (QED) is 0.745. The molecular formula is C13H21NO3. The van der Waals surface area contributed by atoms with E-state index in [9.17, 15) is 9.59 Å². The van der Waals surface area contributed by atoms with Crippen molar-refractivity contribution in [3.05, 3.63) is 0 Å². The SMILES string of the molecule is CCOC(=O)C1NC(=O)CC12CCC(C)CC2. The van der Waals surface area contributed by atoms with E-state index in [-0.39, 0.29) is 17.3 Å². The molecule has 0 aromatic heterocycles. The highest BCUT2D eigenvalue weighted by Crippen LogP contribution is 2.47. The van der Waals surface area contributed by atoms with Crippen LogP contribution in [0.15, 0.2) is 0 Å². The van der Waals surface area contributed by atoms with E-state index >= 15 is 0 Å². The largest absolute Gasteiger partial charge is 0.464 e. The highest BCUT2D eigenvalue weighted by molar-refractivity contribution is 5.90. The van der Waals surface area contributed by atoms with Gasteiger partial charge >= 0.3 is 5.97 Å². The second kappa shape index (κ2) is 4.67. The number of rotatable bonds is 2. The standard InChI is InChI=1S/C13H21NO3/c1-3-17-12(16)11-13(8-10(15)14-11)6-4-9(2)5-7-13/h9,11H,3-8H2,1-2H3,(H,14,15). The van der Waals surface area contributed by atoms with Gasteiger partial charge in [0.25, 0.3) is 0 Å². The molecule has 0 aromatic rings. The Hall–Kier alpha value is -1.06. The Morgan fingerprint density at radius 2 is 2.12 bits per heavy atom. The average Bonchev–Trinajstić information content (AvgIpc) is 2.61. The predicted octanol–water partition coefficient (Wildman–Crippen LogP) is 1.63. The highest BCUT2D eigenvalue weighted by Gasteiger charge is 2.51. The van der Waals surface area contributed by atoms with Gasteiger partial charge in [0.15, 0.2) is 0 Å². The molecule has 0 radical (unpaired) electrons. The van der Waals surface area contributed by atoms with Crippen LogP contribution in [0.5, 0.6) is 0 Å². The first-order chi connectivity index (χ1) is 8.07. The van der Waals surface area contributed by atoms with Gasteiger partial charge in [0.1, 0.15) is 6.04 Å². The smallest absolute Gasteiger partial charge is 0.329 e. The Labute approximate surface area is 102 Å². The number of hydrogen-bond acceptors (Lipinski definition) is 3. The van der Waals surface area contributed by atoms with Crippen molar-refractivity contribution < 1.29 is 14.3 Å². The number of carbonyl (C=O) groups excluding carboxylic acids is 2. The van der Waals surface area contributed by atoms with Crippen molar-refractivity contribution >= 4 is 11.9 Å². The van der Waals surface area contributed by atoms with Crippen LogP contribution in [0, 0.1) is 11.3 Å². The summed E-state index contributed by atoms with van der Waals surface area (Å²) in [4.78, 5) is 23.5. The molecule has 2 rings (SSSR count). The number of amides is 1. The first-order valence-corrected chi connectivity index (χ1v) is 6.53. The molecule has 1 saturated carbocycles. The van der Waals surface area contributed by atoms with Gasteiger partial charge in [-0.25, -0.2) is 4.79 Å². The Kier molecular flexibility index (Phi) is 3.40. The summed E-state index contributed by atoms with van der Waals surface area (Å²) in [5.74, 6) is 0.449. The molecule has 17 heavy (non-hydrogen) atoms. The Morgan fingerprint density at radius 1 is 1.47 bits per heavy atom. The van der Waals surface area contributed by atoms with Gasteiger partial charge in [-0.15, -0.1) is 0 Å². The number of carbonyl (C=O) groups is 2. The van der Waals surface area contributed by atoms with Crippen LogP contribution >= 0.6 is 0 Å². The van der Waals surface area contributed by atoms with Crippen molar-refractivity contribution in [2.24, 2.45) is 11.3 Å². The molecular weight excluding hydrogens is 218 g/mol. The van der Waals surface area contributed by atoms with Crippen molar-refractivity contribution in [2.75, 3.05) is 6.61 Å². The third-order valence-corrected chi connectivity index (χ3v) is 4.22. The Balaban J connectivity index is 2.13. The van der Waals surface area contributed by atoms with Gasteiger partial charge in [-0.3, -0.25) is 4.79 Å². The number of nitrogens with one attached hydrogen (secondary N) is 1. The van der Waals surface area contributed by atoms with Gasteiger partial charge in [-0.1, -0.05) is 19.8 Å². The van der Waals surface area contributed by atoms with Crippen molar-refractivity contribution in [3.8, 4) is 0 Å². The van der Waals surface area contributed by atoms with Crippen LogP contribution in [0.3, 0.4) is 0 Å². The molecule has 1 amide bonds. The topological polar surface area (TPSA) is 55.4 Å². The van der Waals surface area contributed by atoms with Crippen LogP contribution < -0.4 is 5.32 Å². The minimum absolute atomic E-state index is 0.00222. The lowest BCUT2D eigenvalue weighted by atomic mass is 9.66. The first-order valence-electron chi connectivity index (χ1n) is 6.53. The molecule has 0 aromatic carbocycles. The van der Waals surface area contributed by atoms with E-state index in [1.165, 1.54) is 0 Å². The molecule has 1 spiro atoms. The maximum atomic E-state index is 11.9. The maximum absolute atomic E-state index is 11.9. The molecule has 1 unspecified atom stereocenters. The van der Waals surface area contributed by atoms with E-state index in [0.717, 1.165) is 25.7 Å². The van der Waals surface area contributed by atoms with Gasteiger partial charge in [0.2, 0.25) is 5.91 Å². The van der Waals surface area contributed by atoms with Crippen LogP contribution in [0.4, 0.5) is 0 Å². The molecule has 2 aliphatic rings. The van der Waals surface area contributed by atoms with E-state index in [4.69, 9.17) is 4.74 Å². The van der Waals surface area contributed by atoms with E-state index in [1.54, 1.807) is 6.92 Å². The Bertz CT molecular complexity index is 319. The Morgan fingerprint density at radius 3 is 2.71 bits per heavy atom. The zero-order chi connectivity index (χ0) is 12.5. The second-order valence-electron chi connectivity index (χ2n) is 5.47. The van der Waals surface area contributed by atoms with Crippen molar-refractivity contribution in [2.45, 2.75) is 52.0 Å². The molecule has 1 heterocycles. The third kappa shape index (κ3) is 2.31. The lowest BCUT2D eigenvalue weighted by Crippen LogP contribution is -2.46. The molecule has 0 bridgehead atoms. The fourth-order valence-corrected chi connectivity index (χ4v) is 3.12. The predicted molar refractivity (Wildman–Crippen MR) is 63.2 cm³/mol. The number of ether oxygens (including phenoxy) is 1. The van der Waals surface area contributed by atoms with Crippen LogP contribution in [0.25, 0.3) is 0 Å². The molecule has 1 atom stereocenters. The monoisotopic (exact) mass is 239 g/mol. The number of esters is 1. The second-order valence-corrected chi connectivity index (χ2v) is 5.47. The first kappa shape index (κ1) is 12.4. The van der Waals surface area contributed by atoms with Gasteiger partial charge in [0, 0.05) is 11.8 Å². The van der Waals surface area contributed by atoms with E-state index in [2.05, 4.69) is 12.2 Å². The normalized spacial score (nSPS) is 36.9. The third-order valence-electron chi connectivity index (χ3n) is 4.22. The van der Waals surface area contributed by atoms with E-state index in [1.807, 2.05) is 0 Å². The summed E-state index contributed by atoms with van der Waals surface area (Å²) in [5.41, 5.74) is -0.171. The summed E-state index contributed by atoms with van der Waals surface area (Å²) in [6.07, 6.45) is 4.60. The molecule has 4 nitrogen and oxygen atoms in total. The number of hydrogen-bond donors (Lipinski definition) is 1. The molecule has 96 valence electrons. The van der Waals surface area contributed by atoms with E-state index in [0.29, 0.717) is 18.9 Å². The maximum Gasteiger partial charge on any atom is 0.329 e. The lowest BCUT2D eigenvalue weighted by Gasteiger charge is -2.38. The van der Waals surface area contributed by atoms with Crippen molar-refractivity contribution in [1.82, 2.24) is 5.32 Å². The van der Waals surface area contributed by atoms with Crippen LogP contribution in [-0.2, 0) is 14.3 Å². The van der Waals surface area contributed by atoms with Gasteiger partial charge < -0.3 is 10.1 Å². The fourth-order valence-electron chi connectivity index (χ4n) is 3.12. The van der Waals surface area contributed by atoms with E-state index < -0.39 is 6.04 Å². The summed E-state index contributed by atoms with van der Waals surface area (Å²) in [5, 5.41) is 2.80. The molecule has 4 heteroatoms. The zero-order valence-corrected chi connectivity index (χ0v) is 10.6. The molecule has 1 N–H and O–H groups in total. The lowest BCUT2D eigenvalue weighted by molar-refractivity contribution is -0.149. The summed E-state index contributed by atoms with van der Waals surface area (Å²) in [6.45, 7) is 4.40. The summed E-state index contributed by atoms with van der Waals surface area (Å²) in [6, 6.07) is -0.414. The molecule has 2 fully saturated rings. The van der Waals surface area contributed by atoms with Gasteiger partial charge in [-0.05, 0) is 25.7 Å². The average molecular weight is 239 g/mol. The van der Waals surface area contributed by atoms with Crippen LogP contribution in [-0.4, -0.2) is 24.5 Å². The van der Waals surface area contributed by atoms with Crippen LogP contribution in [0.2, 0.25) is 0 Å². The zero-order valence-electron chi connectivity index (χ0n) is 10.6. The van der Waals surface area contributed by atoms with Crippen molar-refractivity contribution in [3.63, 3.8) is 0 Å². The minimum Gasteiger partial charge on any atom is -0.464 e. The summed E-state index contributed by atoms with van der Waals surface area (Å²) in [7, 11) is 0. The summed E-state index contributed by atoms with van der Waals surface area (Å²) < 4.78 is 5.07. The van der Waals surface area contributed by atoms with Gasteiger partial charge in [0.05, 0.1) is 6.61 Å². The minimum atomic E-state index is -0.414. The highest BCUT2D eigenvalue weighted by atomic mass is 16.5. The van der Waals surface area contributed by atoms with Crippen molar-refractivity contribution in [1.29, 1.82) is 0 Å².